The number of nitrogens with one attached hydrogen (secondary N) is 2. The molecule has 2 rings (SSSR count). The van der Waals surface area contributed by atoms with E-state index in [2.05, 4.69) is 10.6 Å². The highest BCUT2D eigenvalue weighted by molar-refractivity contribution is 5.90. The van der Waals surface area contributed by atoms with Gasteiger partial charge in [0.1, 0.15) is 0 Å². The van der Waals surface area contributed by atoms with E-state index >= 15 is 0 Å². The summed E-state index contributed by atoms with van der Waals surface area (Å²) in [6.45, 7) is 2.03. The van der Waals surface area contributed by atoms with Crippen molar-refractivity contribution < 1.29 is 14.3 Å². The van der Waals surface area contributed by atoms with Gasteiger partial charge in [0.05, 0.1) is 18.6 Å². The Morgan fingerprint density at radius 2 is 2.16 bits per heavy atom. The van der Waals surface area contributed by atoms with E-state index in [-0.39, 0.29) is 12.6 Å². The van der Waals surface area contributed by atoms with E-state index in [1.807, 2.05) is 31.2 Å². The quantitative estimate of drug-likeness (QED) is 0.790. The van der Waals surface area contributed by atoms with Crippen molar-refractivity contribution in [2.75, 3.05) is 11.9 Å². The first kappa shape index (κ1) is 13.2. The van der Waals surface area contributed by atoms with E-state index in [9.17, 15) is 9.90 Å². The van der Waals surface area contributed by atoms with Crippen LogP contribution >= 0.6 is 0 Å². The van der Waals surface area contributed by atoms with Crippen LogP contribution in [0.1, 0.15) is 17.2 Å². The molecule has 0 saturated carbocycles. The first-order valence-electron chi connectivity index (χ1n) is 5.97. The molecule has 3 N–H and O–H groups in total. The average molecular weight is 260 g/mol. The van der Waals surface area contributed by atoms with Crippen LogP contribution in [-0.2, 0) is 0 Å². The van der Waals surface area contributed by atoms with E-state index in [0.29, 0.717) is 5.56 Å². The molecule has 1 atom stereocenters. The number of carbonyl (C=O) groups excluding carboxylic acids is 1. The van der Waals surface area contributed by atoms with Gasteiger partial charge >= 0.3 is 6.03 Å². The monoisotopic (exact) mass is 260 g/mol. The Labute approximate surface area is 111 Å². The summed E-state index contributed by atoms with van der Waals surface area (Å²) >= 11 is 0. The minimum atomic E-state index is -0.777. The Kier molecular flexibility index (Phi) is 4.20. The van der Waals surface area contributed by atoms with Gasteiger partial charge in [0.25, 0.3) is 0 Å². The molecule has 1 heterocycles. The van der Waals surface area contributed by atoms with Crippen LogP contribution in [0, 0.1) is 6.92 Å². The molecule has 5 heteroatoms. The zero-order valence-corrected chi connectivity index (χ0v) is 10.6. The molecule has 0 bridgehead atoms. The van der Waals surface area contributed by atoms with E-state index in [1.165, 1.54) is 12.5 Å². The molecule has 0 unspecified atom stereocenters. The molecule has 100 valence electrons. The van der Waals surface area contributed by atoms with Gasteiger partial charge in [0.2, 0.25) is 0 Å². The average Bonchev–Trinajstić information content (AvgIpc) is 2.93. The molecule has 0 saturated heterocycles. The second-order valence-corrected chi connectivity index (χ2v) is 4.22. The normalized spacial score (nSPS) is 11.9. The molecule has 0 aliphatic heterocycles. The Morgan fingerprint density at radius 3 is 2.84 bits per heavy atom. The third-order valence-corrected chi connectivity index (χ3v) is 2.78. The fourth-order valence-corrected chi connectivity index (χ4v) is 1.65. The second kappa shape index (κ2) is 6.06. The lowest BCUT2D eigenvalue weighted by Crippen LogP contribution is -2.32. The lowest BCUT2D eigenvalue weighted by atomic mass is 10.2. The highest BCUT2D eigenvalue weighted by Gasteiger charge is 2.10. The van der Waals surface area contributed by atoms with E-state index < -0.39 is 6.10 Å². The van der Waals surface area contributed by atoms with Crippen molar-refractivity contribution >= 4 is 11.7 Å². The van der Waals surface area contributed by atoms with Crippen LogP contribution in [0.15, 0.2) is 47.3 Å². The number of aliphatic hydroxyl groups is 1. The van der Waals surface area contributed by atoms with Crippen molar-refractivity contribution in [1.82, 2.24) is 5.32 Å². The van der Waals surface area contributed by atoms with Crippen LogP contribution < -0.4 is 10.6 Å². The van der Waals surface area contributed by atoms with E-state index in [4.69, 9.17) is 4.42 Å². The third kappa shape index (κ3) is 3.59. The number of hydrogen-bond acceptors (Lipinski definition) is 3. The van der Waals surface area contributed by atoms with Crippen LogP contribution in [0.25, 0.3) is 0 Å². The highest BCUT2D eigenvalue weighted by Crippen LogP contribution is 2.14. The Bertz CT molecular complexity index is 537. The summed E-state index contributed by atoms with van der Waals surface area (Å²) in [7, 11) is 0. The smallest absolute Gasteiger partial charge is 0.319 e. The molecule has 2 aromatic rings. The van der Waals surface area contributed by atoms with Crippen LogP contribution in [0.5, 0.6) is 0 Å². The number of para-hydroxylation sites is 1. The van der Waals surface area contributed by atoms with Crippen LogP contribution in [0.4, 0.5) is 10.5 Å². The molecule has 0 aliphatic carbocycles. The Balaban J connectivity index is 1.84. The van der Waals surface area contributed by atoms with Crippen LogP contribution in [0.3, 0.4) is 0 Å². The first-order chi connectivity index (χ1) is 9.16. The first-order valence-corrected chi connectivity index (χ1v) is 5.97. The third-order valence-electron chi connectivity index (χ3n) is 2.78. The maximum atomic E-state index is 11.7. The van der Waals surface area contributed by atoms with Crippen molar-refractivity contribution in [2.24, 2.45) is 0 Å². The number of urea groups is 1. The zero-order chi connectivity index (χ0) is 13.7. The second-order valence-electron chi connectivity index (χ2n) is 4.22. The van der Waals surface area contributed by atoms with E-state index in [1.54, 1.807) is 6.07 Å². The number of hydrogen-bond donors (Lipinski definition) is 3. The lowest BCUT2D eigenvalue weighted by Gasteiger charge is -2.12. The number of aryl methyl sites for hydroxylation is 1. The molecule has 0 radical (unpaired) electrons. The fraction of sp³-hybridized carbons (Fsp3) is 0.214. The van der Waals surface area contributed by atoms with Gasteiger partial charge in [0, 0.05) is 17.8 Å². The minimum Gasteiger partial charge on any atom is -0.472 e. The van der Waals surface area contributed by atoms with Gasteiger partial charge in [-0.3, -0.25) is 0 Å². The molecule has 19 heavy (non-hydrogen) atoms. The number of amides is 2. The van der Waals surface area contributed by atoms with Crippen molar-refractivity contribution in [2.45, 2.75) is 13.0 Å². The number of rotatable bonds is 4. The molecule has 0 spiro atoms. The van der Waals surface area contributed by atoms with Crippen molar-refractivity contribution in [3.63, 3.8) is 0 Å². The lowest BCUT2D eigenvalue weighted by molar-refractivity contribution is 0.174. The van der Waals surface area contributed by atoms with Gasteiger partial charge in [-0.2, -0.15) is 0 Å². The molecule has 0 aliphatic rings. The molecule has 1 aromatic carbocycles. The number of furan rings is 1. The molecule has 5 nitrogen and oxygen atoms in total. The predicted octanol–water partition coefficient (Wildman–Crippen LogP) is 2.44. The minimum absolute atomic E-state index is 0.122. The fourth-order valence-electron chi connectivity index (χ4n) is 1.65. The van der Waals surface area contributed by atoms with Crippen molar-refractivity contribution in [3.05, 3.63) is 54.0 Å². The molecular weight excluding hydrogens is 244 g/mol. The summed E-state index contributed by atoms with van der Waals surface area (Å²) in [6.07, 6.45) is 2.15. The van der Waals surface area contributed by atoms with Gasteiger partial charge in [-0.15, -0.1) is 0 Å². The SMILES string of the molecule is Cc1ccccc1NC(=O)NC[C@H](O)c1ccoc1. The number of carbonyl (C=O) groups is 1. The number of anilines is 1. The van der Waals surface area contributed by atoms with Gasteiger partial charge in [-0.1, -0.05) is 18.2 Å². The summed E-state index contributed by atoms with van der Waals surface area (Å²) in [5, 5.41) is 15.1. The molecule has 2 amide bonds. The summed E-state index contributed by atoms with van der Waals surface area (Å²) in [4.78, 5) is 11.7. The van der Waals surface area contributed by atoms with Gasteiger partial charge < -0.3 is 20.2 Å². The predicted molar refractivity (Wildman–Crippen MR) is 71.9 cm³/mol. The maximum absolute atomic E-state index is 11.7. The van der Waals surface area contributed by atoms with E-state index in [0.717, 1.165) is 11.3 Å². The van der Waals surface area contributed by atoms with Crippen molar-refractivity contribution in [3.8, 4) is 0 Å². The number of aliphatic hydroxyl groups excluding tert-OH is 1. The summed E-state index contributed by atoms with van der Waals surface area (Å²) in [5.41, 5.74) is 2.36. The standard InChI is InChI=1S/C14H16N2O3/c1-10-4-2-3-5-12(10)16-14(18)15-8-13(17)11-6-7-19-9-11/h2-7,9,13,17H,8H2,1H3,(H2,15,16,18)/t13-/m0/s1. The largest absolute Gasteiger partial charge is 0.472 e. The maximum Gasteiger partial charge on any atom is 0.319 e. The van der Waals surface area contributed by atoms with Crippen LogP contribution in [-0.4, -0.2) is 17.7 Å². The molecular formula is C14H16N2O3. The van der Waals surface area contributed by atoms with Crippen LogP contribution in [0.2, 0.25) is 0 Å². The highest BCUT2D eigenvalue weighted by atomic mass is 16.3. The molecule has 0 fully saturated rings. The Hall–Kier alpha value is -2.27. The summed E-state index contributed by atoms with van der Waals surface area (Å²) in [5.74, 6) is 0. The van der Waals surface area contributed by atoms with Gasteiger partial charge in [0.15, 0.2) is 0 Å². The topological polar surface area (TPSA) is 74.5 Å². The van der Waals surface area contributed by atoms with Gasteiger partial charge in [-0.25, -0.2) is 4.79 Å². The number of benzene rings is 1. The summed E-state index contributed by atoms with van der Waals surface area (Å²) in [6, 6.07) is 8.80. The van der Waals surface area contributed by atoms with Gasteiger partial charge in [-0.05, 0) is 24.6 Å². The van der Waals surface area contributed by atoms with Crippen molar-refractivity contribution in [1.29, 1.82) is 0 Å². The zero-order valence-electron chi connectivity index (χ0n) is 10.6. The molecule has 1 aromatic heterocycles. The Morgan fingerprint density at radius 1 is 1.37 bits per heavy atom. The summed E-state index contributed by atoms with van der Waals surface area (Å²) < 4.78 is 4.87.